The summed E-state index contributed by atoms with van der Waals surface area (Å²) in [6, 6.07) is 2.03. The lowest BCUT2D eigenvalue weighted by Gasteiger charge is -2.06. The molecule has 5 nitrogen and oxygen atoms in total. The average molecular weight is 277 g/mol. The Labute approximate surface area is 119 Å². The van der Waals surface area contributed by atoms with E-state index >= 15 is 0 Å². The summed E-state index contributed by atoms with van der Waals surface area (Å²) in [7, 11) is 1.86. The van der Waals surface area contributed by atoms with Crippen molar-refractivity contribution in [3.8, 4) is 5.75 Å². The van der Waals surface area contributed by atoms with Crippen LogP contribution in [0.15, 0.2) is 22.9 Å². The molecule has 0 saturated heterocycles. The third-order valence-corrected chi connectivity index (χ3v) is 2.97. The highest BCUT2D eigenvalue weighted by molar-refractivity contribution is 5.20. The van der Waals surface area contributed by atoms with Crippen LogP contribution in [0.25, 0.3) is 0 Å². The first kappa shape index (κ1) is 14.7. The zero-order valence-electron chi connectivity index (χ0n) is 12.6. The smallest absolute Gasteiger partial charge is 0.157 e. The predicted octanol–water partition coefficient (Wildman–Crippen LogP) is 2.65. The van der Waals surface area contributed by atoms with Crippen molar-refractivity contribution in [2.45, 2.75) is 33.9 Å². The molecule has 0 aliphatic rings. The van der Waals surface area contributed by atoms with E-state index in [1.54, 1.807) is 10.9 Å². The Morgan fingerprint density at radius 3 is 2.90 bits per heavy atom. The molecule has 5 heteroatoms. The molecular weight excluding hydrogens is 254 g/mol. The monoisotopic (exact) mass is 277 g/mol. The molecular formula is C15H23N3O2. The second kappa shape index (κ2) is 6.61. The van der Waals surface area contributed by atoms with Crippen LogP contribution >= 0.6 is 0 Å². The van der Waals surface area contributed by atoms with E-state index in [-0.39, 0.29) is 0 Å². The molecule has 0 fully saturated rings. The molecule has 0 aromatic carbocycles. The molecule has 2 rings (SSSR count). The fourth-order valence-corrected chi connectivity index (χ4v) is 1.94. The fraction of sp³-hybridized carbons (Fsp3) is 0.533. The van der Waals surface area contributed by atoms with Crippen LogP contribution in [0.1, 0.15) is 30.9 Å². The van der Waals surface area contributed by atoms with Gasteiger partial charge in [0.25, 0.3) is 0 Å². The summed E-state index contributed by atoms with van der Waals surface area (Å²) in [6.07, 6.45) is 3.53. The number of furan rings is 1. The third kappa shape index (κ3) is 4.13. The molecule has 0 atom stereocenters. The van der Waals surface area contributed by atoms with Crippen molar-refractivity contribution in [3.05, 3.63) is 35.5 Å². The Balaban J connectivity index is 1.86. The number of hydrogen-bond donors (Lipinski definition) is 1. The first-order valence-corrected chi connectivity index (χ1v) is 6.95. The van der Waals surface area contributed by atoms with Gasteiger partial charge in [-0.15, -0.1) is 0 Å². The van der Waals surface area contributed by atoms with Gasteiger partial charge < -0.3 is 14.5 Å². The van der Waals surface area contributed by atoms with Crippen molar-refractivity contribution in [2.24, 2.45) is 13.0 Å². The van der Waals surface area contributed by atoms with Gasteiger partial charge in [0.15, 0.2) is 5.75 Å². The maximum atomic E-state index is 5.81. The minimum absolute atomic E-state index is 0.427. The largest absolute Gasteiger partial charge is 0.482 e. The van der Waals surface area contributed by atoms with E-state index in [1.165, 1.54) is 0 Å². The zero-order chi connectivity index (χ0) is 14.5. The number of hydrogen-bond acceptors (Lipinski definition) is 4. The molecule has 0 unspecified atom stereocenters. The normalized spacial score (nSPS) is 11.2. The van der Waals surface area contributed by atoms with Crippen molar-refractivity contribution in [1.29, 1.82) is 0 Å². The first-order chi connectivity index (χ1) is 9.54. The maximum absolute atomic E-state index is 5.81. The Morgan fingerprint density at radius 2 is 2.25 bits per heavy atom. The van der Waals surface area contributed by atoms with Gasteiger partial charge in [-0.2, -0.15) is 5.10 Å². The van der Waals surface area contributed by atoms with Crippen molar-refractivity contribution >= 4 is 0 Å². The highest BCUT2D eigenvalue weighted by Gasteiger charge is 2.08. The quantitative estimate of drug-likeness (QED) is 0.845. The zero-order valence-corrected chi connectivity index (χ0v) is 12.6. The van der Waals surface area contributed by atoms with Crippen LogP contribution < -0.4 is 10.1 Å². The van der Waals surface area contributed by atoms with E-state index in [2.05, 4.69) is 31.2 Å². The van der Waals surface area contributed by atoms with Gasteiger partial charge in [-0.05, 0) is 31.0 Å². The van der Waals surface area contributed by atoms with E-state index in [0.29, 0.717) is 12.5 Å². The number of aryl methyl sites for hydroxylation is 2. The number of ether oxygens (including phenoxy) is 1. The van der Waals surface area contributed by atoms with Crippen LogP contribution in [0.3, 0.4) is 0 Å². The predicted molar refractivity (Wildman–Crippen MR) is 77.5 cm³/mol. The van der Waals surface area contributed by atoms with E-state index in [1.807, 2.05) is 19.3 Å². The van der Waals surface area contributed by atoms with E-state index in [0.717, 1.165) is 35.9 Å². The molecule has 0 radical (unpaired) electrons. The van der Waals surface area contributed by atoms with Crippen LogP contribution in [-0.4, -0.2) is 16.3 Å². The Bertz CT molecular complexity index is 543. The molecule has 2 heterocycles. The van der Waals surface area contributed by atoms with Gasteiger partial charge in [0, 0.05) is 7.05 Å². The van der Waals surface area contributed by atoms with Crippen molar-refractivity contribution in [3.63, 3.8) is 0 Å². The maximum Gasteiger partial charge on any atom is 0.157 e. The number of aromatic nitrogens is 2. The van der Waals surface area contributed by atoms with Crippen molar-refractivity contribution in [1.82, 2.24) is 15.1 Å². The number of nitrogens with one attached hydrogen (secondary N) is 1. The van der Waals surface area contributed by atoms with Gasteiger partial charge in [-0.25, -0.2) is 0 Å². The molecule has 0 aliphatic heterocycles. The summed E-state index contributed by atoms with van der Waals surface area (Å²) in [4.78, 5) is 0. The van der Waals surface area contributed by atoms with Gasteiger partial charge in [-0.3, -0.25) is 4.68 Å². The van der Waals surface area contributed by atoms with Crippen LogP contribution in [0, 0.1) is 12.8 Å². The Kier molecular flexibility index (Phi) is 4.84. The van der Waals surface area contributed by atoms with E-state index < -0.39 is 0 Å². The van der Waals surface area contributed by atoms with Crippen molar-refractivity contribution < 1.29 is 9.15 Å². The first-order valence-electron chi connectivity index (χ1n) is 6.95. The highest BCUT2D eigenvalue weighted by atomic mass is 16.5. The van der Waals surface area contributed by atoms with E-state index in [9.17, 15) is 0 Å². The second-order valence-electron chi connectivity index (χ2n) is 5.48. The molecule has 0 saturated carbocycles. The lowest BCUT2D eigenvalue weighted by Crippen LogP contribution is -2.18. The summed E-state index contributed by atoms with van der Waals surface area (Å²) in [5, 5.41) is 7.44. The molecule has 0 spiro atoms. The minimum atomic E-state index is 0.427. The SMILES string of the molecule is Cc1cc(COc2cnn(C)c2)oc1CNCC(C)C. The molecule has 0 amide bonds. The topological polar surface area (TPSA) is 52.2 Å². The molecule has 0 aliphatic carbocycles. The molecule has 0 bridgehead atoms. The summed E-state index contributed by atoms with van der Waals surface area (Å²) >= 11 is 0. The van der Waals surface area contributed by atoms with E-state index in [4.69, 9.17) is 9.15 Å². The van der Waals surface area contributed by atoms with Crippen LogP contribution in [0.2, 0.25) is 0 Å². The summed E-state index contributed by atoms with van der Waals surface area (Å²) in [6.45, 7) is 8.61. The number of rotatable bonds is 7. The second-order valence-corrected chi connectivity index (χ2v) is 5.48. The standard InChI is InChI=1S/C15H23N3O2/c1-11(2)6-16-8-15-12(3)5-13(20-15)10-19-14-7-17-18(4)9-14/h5,7,9,11,16H,6,8,10H2,1-4H3. The Morgan fingerprint density at radius 1 is 1.45 bits per heavy atom. The fourth-order valence-electron chi connectivity index (χ4n) is 1.94. The Hall–Kier alpha value is -1.75. The molecule has 110 valence electrons. The molecule has 20 heavy (non-hydrogen) atoms. The molecule has 1 N–H and O–H groups in total. The highest BCUT2D eigenvalue weighted by Crippen LogP contribution is 2.17. The summed E-state index contributed by atoms with van der Waals surface area (Å²) in [5.74, 6) is 3.21. The van der Waals surface area contributed by atoms with Gasteiger partial charge in [0.2, 0.25) is 0 Å². The lowest BCUT2D eigenvalue weighted by molar-refractivity contribution is 0.264. The lowest BCUT2D eigenvalue weighted by atomic mass is 10.2. The minimum Gasteiger partial charge on any atom is -0.482 e. The van der Waals surface area contributed by atoms with Gasteiger partial charge in [-0.1, -0.05) is 13.8 Å². The van der Waals surface area contributed by atoms with Crippen LogP contribution in [0.4, 0.5) is 0 Å². The van der Waals surface area contributed by atoms with Crippen LogP contribution in [0.5, 0.6) is 5.75 Å². The van der Waals surface area contributed by atoms with Gasteiger partial charge in [0.05, 0.1) is 18.9 Å². The molecule has 2 aromatic heterocycles. The number of nitrogens with zero attached hydrogens (tertiary/aromatic N) is 2. The van der Waals surface area contributed by atoms with Gasteiger partial charge in [0.1, 0.15) is 18.1 Å². The average Bonchev–Trinajstić information content (AvgIpc) is 2.93. The third-order valence-electron chi connectivity index (χ3n) is 2.97. The summed E-state index contributed by atoms with van der Waals surface area (Å²) < 4.78 is 13.1. The van der Waals surface area contributed by atoms with Crippen LogP contribution in [-0.2, 0) is 20.2 Å². The summed E-state index contributed by atoms with van der Waals surface area (Å²) in [5.41, 5.74) is 1.16. The van der Waals surface area contributed by atoms with Gasteiger partial charge >= 0.3 is 0 Å². The van der Waals surface area contributed by atoms with Crippen molar-refractivity contribution in [2.75, 3.05) is 6.54 Å². The molecule has 2 aromatic rings.